The summed E-state index contributed by atoms with van der Waals surface area (Å²) >= 11 is 0. The minimum Gasteiger partial charge on any atom is -0.491 e. The SMILES string of the molecule is CC(=O)c1cccc(OC[C@H](O)CN2C(=O)N[C@@](C)(c3ccc4c(c3)CCC4)C2=O)c1. The summed E-state index contributed by atoms with van der Waals surface area (Å²) in [5.74, 6) is -0.0452. The van der Waals surface area contributed by atoms with Crippen LogP contribution in [0.2, 0.25) is 0 Å². The second kappa shape index (κ2) is 8.15. The van der Waals surface area contributed by atoms with E-state index in [1.165, 1.54) is 18.1 Å². The Bertz CT molecular complexity index is 1050. The van der Waals surface area contributed by atoms with E-state index in [1.54, 1.807) is 31.2 Å². The van der Waals surface area contributed by atoms with E-state index in [2.05, 4.69) is 5.32 Å². The summed E-state index contributed by atoms with van der Waals surface area (Å²) < 4.78 is 5.55. The number of urea groups is 1. The lowest BCUT2D eigenvalue weighted by atomic mass is 9.89. The molecule has 0 spiro atoms. The molecule has 2 aromatic rings. The first kappa shape index (κ1) is 21.1. The fourth-order valence-electron chi connectivity index (χ4n) is 4.20. The topological polar surface area (TPSA) is 95.9 Å². The number of β-amino-alcohol motifs (C(OH)–C–C–N with tert-alkyl or cyclic N) is 1. The standard InChI is InChI=1S/C24H26N2O5/c1-15(27)17-6-4-8-21(12-17)31-14-20(28)13-26-22(29)24(2,25-23(26)30)19-10-9-16-5-3-7-18(16)11-19/h4,6,8-12,20,28H,3,5,7,13-14H2,1-2H3,(H,25,30)/t20-,24+/m1/s1. The highest BCUT2D eigenvalue weighted by molar-refractivity contribution is 6.07. The van der Waals surface area contributed by atoms with Crippen molar-refractivity contribution in [2.24, 2.45) is 0 Å². The summed E-state index contributed by atoms with van der Waals surface area (Å²) in [6, 6.07) is 12.0. The van der Waals surface area contributed by atoms with Gasteiger partial charge in [-0.15, -0.1) is 0 Å². The lowest BCUT2D eigenvalue weighted by molar-refractivity contribution is -0.132. The molecule has 0 unspecified atom stereocenters. The molecule has 1 fully saturated rings. The van der Waals surface area contributed by atoms with E-state index >= 15 is 0 Å². The normalized spacial score (nSPS) is 21.1. The first-order chi connectivity index (χ1) is 14.8. The van der Waals surface area contributed by atoms with Crippen LogP contribution < -0.4 is 10.1 Å². The van der Waals surface area contributed by atoms with E-state index in [9.17, 15) is 19.5 Å². The van der Waals surface area contributed by atoms with Crippen LogP contribution in [0.4, 0.5) is 4.79 Å². The summed E-state index contributed by atoms with van der Waals surface area (Å²) in [6.45, 7) is 2.86. The average molecular weight is 422 g/mol. The lowest BCUT2D eigenvalue weighted by Gasteiger charge is -2.24. The molecule has 2 aliphatic rings. The molecule has 3 amide bonds. The van der Waals surface area contributed by atoms with Crippen LogP contribution in [-0.2, 0) is 23.2 Å². The van der Waals surface area contributed by atoms with E-state index in [0.717, 1.165) is 29.7 Å². The number of rotatable bonds is 7. The second-order valence-electron chi connectivity index (χ2n) is 8.36. The Hall–Kier alpha value is -3.19. The molecule has 0 aromatic heterocycles. The molecule has 2 atom stereocenters. The van der Waals surface area contributed by atoms with Gasteiger partial charge in [0.25, 0.3) is 5.91 Å². The Morgan fingerprint density at radius 1 is 1.19 bits per heavy atom. The number of aliphatic hydroxyl groups excluding tert-OH is 1. The van der Waals surface area contributed by atoms with Crippen molar-refractivity contribution in [1.29, 1.82) is 0 Å². The smallest absolute Gasteiger partial charge is 0.325 e. The van der Waals surface area contributed by atoms with Crippen molar-refractivity contribution in [3.05, 3.63) is 64.7 Å². The van der Waals surface area contributed by atoms with E-state index in [0.29, 0.717) is 11.3 Å². The van der Waals surface area contributed by atoms with Gasteiger partial charge in [-0.05, 0) is 61.9 Å². The predicted molar refractivity (Wildman–Crippen MR) is 114 cm³/mol. The van der Waals surface area contributed by atoms with Gasteiger partial charge in [0.1, 0.15) is 24.0 Å². The number of carbonyl (C=O) groups excluding carboxylic acids is 3. The molecule has 2 N–H and O–H groups in total. The predicted octanol–water partition coefficient (Wildman–Crippen LogP) is 2.58. The molecule has 1 saturated heterocycles. The van der Waals surface area contributed by atoms with Crippen LogP contribution in [0.5, 0.6) is 5.75 Å². The number of ether oxygens (including phenoxy) is 1. The Kier molecular flexibility index (Phi) is 5.54. The number of aryl methyl sites for hydroxylation is 2. The minimum atomic E-state index is -1.16. The quantitative estimate of drug-likeness (QED) is 0.528. The molecule has 0 bridgehead atoms. The maximum Gasteiger partial charge on any atom is 0.325 e. The van der Waals surface area contributed by atoms with Crippen molar-refractivity contribution in [3.63, 3.8) is 0 Å². The van der Waals surface area contributed by atoms with Gasteiger partial charge in [0, 0.05) is 5.56 Å². The molecular weight excluding hydrogens is 396 g/mol. The van der Waals surface area contributed by atoms with Crippen LogP contribution in [0, 0.1) is 0 Å². The molecular formula is C24H26N2O5. The van der Waals surface area contributed by atoms with Crippen molar-refractivity contribution in [3.8, 4) is 5.75 Å². The third-order valence-electron chi connectivity index (χ3n) is 6.03. The van der Waals surface area contributed by atoms with Gasteiger partial charge in [0.15, 0.2) is 5.78 Å². The highest BCUT2D eigenvalue weighted by Crippen LogP contribution is 2.32. The van der Waals surface area contributed by atoms with Crippen molar-refractivity contribution in [2.45, 2.75) is 44.8 Å². The molecule has 31 heavy (non-hydrogen) atoms. The Balaban J connectivity index is 1.42. The molecule has 7 nitrogen and oxygen atoms in total. The number of amides is 3. The van der Waals surface area contributed by atoms with Crippen LogP contribution in [-0.4, -0.2) is 47.0 Å². The lowest BCUT2D eigenvalue weighted by Crippen LogP contribution is -2.42. The summed E-state index contributed by atoms with van der Waals surface area (Å²) in [6.07, 6.45) is 2.05. The zero-order valence-electron chi connectivity index (χ0n) is 17.7. The van der Waals surface area contributed by atoms with Crippen LogP contribution in [0.1, 0.15) is 47.3 Å². The number of nitrogens with one attached hydrogen (secondary N) is 1. The molecule has 7 heteroatoms. The number of carbonyl (C=O) groups is 3. The van der Waals surface area contributed by atoms with Crippen LogP contribution >= 0.6 is 0 Å². The van der Waals surface area contributed by atoms with Gasteiger partial charge in [-0.25, -0.2) is 4.79 Å². The van der Waals surface area contributed by atoms with Crippen molar-refractivity contribution < 1.29 is 24.2 Å². The maximum absolute atomic E-state index is 13.1. The highest BCUT2D eigenvalue weighted by Gasteiger charge is 2.49. The van der Waals surface area contributed by atoms with E-state index in [4.69, 9.17) is 4.74 Å². The number of fused-ring (bicyclic) bond motifs is 1. The molecule has 1 aliphatic carbocycles. The monoisotopic (exact) mass is 422 g/mol. The summed E-state index contributed by atoms with van der Waals surface area (Å²) in [5.41, 5.74) is 2.61. The van der Waals surface area contributed by atoms with Gasteiger partial charge in [0.05, 0.1) is 6.54 Å². The third-order valence-corrected chi connectivity index (χ3v) is 6.03. The second-order valence-corrected chi connectivity index (χ2v) is 8.36. The molecule has 2 aromatic carbocycles. The molecule has 4 rings (SSSR count). The fraction of sp³-hybridized carbons (Fsp3) is 0.375. The highest BCUT2D eigenvalue weighted by atomic mass is 16.5. The molecule has 0 radical (unpaired) electrons. The number of nitrogens with zero attached hydrogens (tertiary/aromatic N) is 1. The van der Waals surface area contributed by atoms with E-state index < -0.39 is 23.6 Å². The fourth-order valence-corrected chi connectivity index (χ4v) is 4.20. The zero-order valence-corrected chi connectivity index (χ0v) is 17.7. The maximum atomic E-state index is 13.1. The van der Waals surface area contributed by atoms with Gasteiger partial charge in [-0.2, -0.15) is 0 Å². The van der Waals surface area contributed by atoms with Gasteiger partial charge in [-0.1, -0.05) is 30.3 Å². The van der Waals surface area contributed by atoms with E-state index in [-0.39, 0.29) is 18.9 Å². The van der Waals surface area contributed by atoms with Crippen LogP contribution in [0.25, 0.3) is 0 Å². The molecule has 162 valence electrons. The Morgan fingerprint density at radius 3 is 2.74 bits per heavy atom. The van der Waals surface area contributed by atoms with Crippen molar-refractivity contribution in [2.75, 3.05) is 13.2 Å². The van der Waals surface area contributed by atoms with Crippen molar-refractivity contribution in [1.82, 2.24) is 10.2 Å². The van der Waals surface area contributed by atoms with Crippen LogP contribution in [0.3, 0.4) is 0 Å². The molecule has 0 saturated carbocycles. The number of benzene rings is 2. The summed E-state index contributed by atoms with van der Waals surface area (Å²) in [5, 5.41) is 13.2. The van der Waals surface area contributed by atoms with Crippen molar-refractivity contribution >= 4 is 17.7 Å². The number of ketones is 1. The molecule has 1 heterocycles. The number of imide groups is 1. The summed E-state index contributed by atoms with van der Waals surface area (Å²) in [7, 11) is 0. The Morgan fingerprint density at radius 2 is 1.97 bits per heavy atom. The van der Waals surface area contributed by atoms with Gasteiger partial charge in [-0.3, -0.25) is 14.5 Å². The first-order valence-corrected chi connectivity index (χ1v) is 10.5. The third kappa shape index (κ3) is 4.05. The van der Waals surface area contributed by atoms with Gasteiger partial charge in [0.2, 0.25) is 0 Å². The number of hydrogen-bond donors (Lipinski definition) is 2. The zero-order chi connectivity index (χ0) is 22.2. The Labute approximate surface area is 181 Å². The number of aliphatic hydroxyl groups is 1. The minimum absolute atomic E-state index is 0.0869. The average Bonchev–Trinajstić information content (AvgIpc) is 3.31. The van der Waals surface area contributed by atoms with Gasteiger partial charge >= 0.3 is 6.03 Å². The molecule has 1 aliphatic heterocycles. The first-order valence-electron chi connectivity index (χ1n) is 10.5. The van der Waals surface area contributed by atoms with Gasteiger partial charge < -0.3 is 15.2 Å². The number of Topliss-reactive ketones (excluding diaryl/α,β-unsaturated/α-hetero) is 1. The van der Waals surface area contributed by atoms with E-state index in [1.807, 2.05) is 18.2 Å². The largest absolute Gasteiger partial charge is 0.491 e. The number of hydrogen-bond acceptors (Lipinski definition) is 5. The summed E-state index contributed by atoms with van der Waals surface area (Å²) in [4.78, 5) is 38.2. The van der Waals surface area contributed by atoms with Crippen LogP contribution in [0.15, 0.2) is 42.5 Å².